The van der Waals surface area contributed by atoms with Crippen LogP contribution in [0.15, 0.2) is 37.5 Å². The highest BCUT2D eigenvalue weighted by Gasteiger charge is 2.37. The summed E-state index contributed by atoms with van der Waals surface area (Å²) in [6.45, 7) is 11.5. The molecule has 0 N–H and O–H groups in total. The van der Waals surface area contributed by atoms with Gasteiger partial charge in [-0.1, -0.05) is 50.8 Å². The minimum Gasteiger partial charge on any atom is -0.458 e. The molecule has 0 saturated carbocycles. The van der Waals surface area contributed by atoms with Gasteiger partial charge in [0.15, 0.2) is 0 Å². The van der Waals surface area contributed by atoms with Gasteiger partial charge in [0.05, 0.1) is 0 Å². The molecule has 1 rings (SSSR count). The van der Waals surface area contributed by atoms with Gasteiger partial charge >= 0.3 is 5.97 Å². The van der Waals surface area contributed by atoms with Gasteiger partial charge in [0, 0.05) is 11.5 Å². The van der Waals surface area contributed by atoms with Gasteiger partial charge in [-0.3, -0.25) is 0 Å². The number of allylic oxidation sites excluding steroid dienone is 2. The highest BCUT2D eigenvalue weighted by molar-refractivity contribution is 5.90. The number of hydrogen-bond acceptors (Lipinski definition) is 2. The first-order valence-electron chi connectivity index (χ1n) is 9.32. The average molecular weight is 319 g/mol. The van der Waals surface area contributed by atoms with Crippen LogP contribution in [-0.2, 0) is 9.53 Å². The molecule has 0 bridgehead atoms. The number of rotatable bonds is 14. The molecule has 2 heteroatoms. The van der Waals surface area contributed by atoms with E-state index >= 15 is 0 Å². The van der Waals surface area contributed by atoms with E-state index in [0.717, 1.165) is 32.1 Å². The van der Waals surface area contributed by atoms with Crippen molar-refractivity contribution >= 4 is 5.97 Å². The lowest BCUT2D eigenvalue weighted by molar-refractivity contribution is -0.139. The Kier molecular flexibility index (Phi) is 10.4. The molecule has 0 unspecified atom stereocenters. The molecular weight excluding hydrogens is 284 g/mol. The second-order valence-corrected chi connectivity index (χ2v) is 6.64. The minimum atomic E-state index is -0.169. The zero-order chi connectivity index (χ0) is 16.9. The van der Waals surface area contributed by atoms with E-state index in [2.05, 4.69) is 19.7 Å². The Morgan fingerprint density at radius 1 is 0.826 bits per heavy atom. The van der Waals surface area contributed by atoms with Gasteiger partial charge in [0.1, 0.15) is 6.10 Å². The van der Waals surface area contributed by atoms with Crippen molar-refractivity contribution in [3.63, 3.8) is 0 Å². The van der Waals surface area contributed by atoms with Crippen molar-refractivity contribution in [3.8, 4) is 0 Å². The van der Waals surface area contributed by atoms with Crippen LogP contribution in [0.3, 0.4) is 0 Å². The van der Waals surface area contributed by atoms with Crippen LogP contribution in [0.1, 0.15) is 77.0 Å². The van der Waals surface area contributed by atoms with E-state index in [1.54, 1.807) is 0 Å². The lowest BCUT2D eigenvalue weighted by Gasteiger charge is -2.17. The molecule has 0 spiro atoms. The van der Waals surface area contributed by atoms with Crippen LogP contribution in [0.2, 0.25) is 0 Å². The van der Waals surface area contributed by atoms with E-state index < -0.39 is 0 Å². The Morgan fingerprint density at radius 2 is 1.35 bits per heavy atom. The summed E-state index contributed by atoms with van der Waals surface area (Å²) in [5.41, 5.74) is 0.702. The Bertz CT molecular complexity index is 383. The highest BCUT2D eigenvalue weighted by Crippen LogP contribution is 2.34. The Balaban J connectivity index is 2.22. The number of unbranched alkanes of at least 4 members (excludes halogenated alkanes) is 8. The summed E-state index contributed by atoms with van der Waals surface area (Å²) < 4.78 is 5.53. The highest BCUT2D eigenvalue weighted by atomic mass is 16.6. The summed E-state index contributed by atoms with van der Waals surface area (Å²) in [7, 11) is 0. The van der Waals surface area contributed by atoms with Crippen LogP contribution in [0.4, 0.5) is 0 Å². The van der Waals surface area contributed by atoms with Crippen molar-refractivity contribution in [2.45, 2.75) is 83.2 Å². The Labute approximate surface area is 142 Å². The van der Waals surface area contributed by atoms with Crippen molar-refractivity contribution in [2.75, 3.05) is 0 Å². The smallest absolute Gasteiger partial charge is 0.334 e. The number of cyclic esters (lactones) is 1. The topological polar surface area (TPSA) is 26.3 Å². The van der Waals surface area contributed by atoms with Crippen LogP contribution in [0.5, 0.6) is 0 Å². The predicted molar refractivity (Wildman–Crippen MR) is 98.3 cm³/mol. The third-order valence-electron chi connectivity index (χ3n) is 4.74. The standard InChI is InChI=1S/C21H34O2/c1-4-6-8-10-11-13-14-16-19-18(3)21(22)23-20(19)17-15-12-9-7-5-2/h4-5,19-20H,1-3,6-17H2/t19-,20+/m0/s1. The summed E-state index contributed by atoms with van der Waals surface area (Å²) in [6.07, 6.45) is 17.9. The van der Waals surface area contributed by atoms with E-state index in [1.165, 1.54) is 44.9 Å². The van der Waals surface area contributed by atoms with E-state index in [-0.39, 0.29) is 18.0 Å². The zero-order valence-electron chi connectivity index (χ0n) is 14.7. The third-order valence-corrected chi connectivity index (χ3v) is 4.74. The quantitative estimate of drug-likeness (QED) is 0.166. The molecule has 2 nitrogen and oxygen atoms in total. The fourth-order valence-corrected chi connectivity index (χ4v) is 3.29. The van der Waals surface area contributed by atoms with Crippen LogP contribution in [0.25, 0.3) is 0 Å². The first kappa shape index (κ1) is 19.7. The molecule has 0 aromatic carbocycles. The Morgan fingerprint density at radius 3 is 2.00 bits per heavy atom. The van der Waals surface area contributed by atoms with Crippen molar-refractivity contribution in [2.24, 2.45) is 5.92 Å². The maximum absolute atomic E-state index is 11.8. The van der Waals surface area contributed by atoms with E-state index in [0.29, 0.717) is 5.57 Å². The molecule has 1 fully saturated rings. The molecule has 130 valence electrons. The second-order valence-electron chi connectivity index (χ2n) is 6.64. The monoisotopic (exact) mass is 318 g/mol. The molecule has 1 heterocycles. The summed E-state index contributed by atoms with van der Waals surface area (Å²) in [5.74, 6) is 0.0761. The summed E-state index contributed by atoms with van der Waals surface area (Å²) in [4.78, 5) is 11.8. The maximum atomic E-state index is 11.8. The van der Waals surface area contributed by atoms with E-state index in [9.17, 15) is 4.79 Å². The van der Waals surface area contributed by atoms with Crippen molar-refractivity contribution < 1.29 is 9.53 Å². The molecule has 2 atom stereocenters. The third kappa shape index (κ3) is 7.67. The van der Waals surface area contributed by atoms with Crippen LogP contribution in [-0.4, -0.2) is 12.1 Å². The number of esters is 1. The molecule has 0 aromatic rings. The fourth-order valence-electron chi connectivity index (χ4n) is 3.29. The number of carbonyl (C=O) groups is 1. The van der Waals surface area contributed by atoms with Crippen LogP contribution < -0.4 is 0 Å². The summed E-state index contributed by atoms with van der Waals surface area (Å²) in [6, 6.07) is 0. The van der Waals surface area contributed by atoms with E-state index in [1.807, 2.05) is 12.2 Å². The van der Waals surface area contributed by atoms with Gasteiger partial charge in [-0.25, -0.2) is 4.79 Å². The van der Waals surface area contributed by atoms with Crippen LogP contribution >= 0.6 is 0 Å². The normalized spacial score (nSPS) is 20.5. The largest absolute Gasteiger partial charge is 0.458 e. The van der Waals surface area contributed by atoms with Crippen molar-refractivity contribution in [3.05, 3.63) is 37.5 Å². The van der Waals surface area contributed by atoms with Gasteiger partial charge in [0.2, 0.25) is 0 Å². The molecule has 0 aromatic heterocycles. The predicted octanol–water partition coefficient (Wildman–Crippen LogP) is 6.14. The lowest BCUT2D eigenvalue weighted by atomic mass is 9.88. The zero-order valence-corrected chi connectivity index (χ0v) is 14.7. The summed E-state index contributed by atoms with van der Waals surface area (Å²) >= 11 is 0. The minimum absolute atomic E-state index is 0.0690. The first-order chi connectivity index (χ1) is 11.2. The van der Waals surface area contributed by atoms with Gasteiger partial charge in [-0.2, -0.15) is 0 Å². The lowest BCUT2D eigenvalue weighted by Crippen LogP contribution is -2.16. The molecule has 23 heavy (non-hydrogen) atoms. The van der Waals surface area contributed by atoms with Gasteiger partial charge in [0.25, 0.3) is 0 Å². The molecule has 0 amide bonds. The van der Waals surface area contributed by atoms with Gasteiger partial charge in [-0.15, -0.1) is 13.2 Å². The molecular formula is C21H34O2. The first-order valence-corrected chi connectivity index (χ1v) is 9.32. The number of carbonyl (C=O) groups excluding carboxylic acids is 1. The molecule has 1 aliphatic heterocycles. The Hall–Kier alpha value is -1.31. The average Bonchev–Trinajstić information content (AvgIpc) is 2.81. The fraction of sp³-hybridized carbons (Fsp3) is 0.667. The van der Waals surface area contributed by atoms with Gasteiger partial charge in [-0.05, 0) is 44.9 Å². The maximum Gasteiger partial charge on any atom is 0.334 e. The molecule has 0 aliphatic carbocycles. The van der Waals surface area contributed by atoms with E-state index in [4.69, 9.17) is 4.74 Å². The second kappa shape index (κ2) is 12.2. The molecule has 1 saturated heterocycles. The molecule has 1 aliphatic rings. The van der Waals surface area contributed by atoms with Crippen molar-refractivity contribution in [1.82, 2.24) is 0 Å². The molecule has 0 radical (unpaired) electrons. The van der Waals surface area contributed by atoms with Gasteiger partial charge < -0.3 is 4.74 Å². The number of hydrogen-bond donors (Lipinski definition) is 0. The van der Waals surface area contributed by atoms with Crippen LogP contribution in [0, 0.1) is 5.92 Å². The SMILES string of the molecule is C=CCCCCCCC[C@H]1C(=C)C(=O)O[C@@H]1CCCCCC=C. The van der Waals surface area contributed by atoms with Crippen molar-refractivity contribution in [1.29, 1.82) is 0 Å². The number of ether oxygens (including phenoxy) is 1. The summed E-state index contributed by atoms with van der Waals surface area (Å²) in [5, 5.41) is 0.